The third-order valence-electron chi connectivity index (χ3n) is 10.8. The highest BCUT2D eigenvalue weighted by molar-refractivity contribution is 7.45. The second-order valence-electron chi connectivity index (χ2n) is 14.6. The Labute approximate surface area is 376 Å². The lowest BCUT2D eigenvalue weighted by molar-refractivity contribution is -0.894. The average Bonchev–Trinajstić information content (AvgIpc) is 3.59. The molecular formula is C43H55Cl3N3O12P. The molecule has 4 aromatic rings. The summed E-state index contributed by atoms with van der Waals surface area (Å²) in [5, 5.41) is 0. The Morgan fingerprint density at radius 1 is 0.855 bits per heavy atom. The van der Waals surface area contributed by atoms with Crippen LogP contribution < -0.4 is 25.8 Å². The van der Waals surface area contributed by atoms with E-state index in [4.69, 9.17) is 72.3 Å². The Balaban J connectivity index is 0.000000955. The van der Waals surface area contributed by atoms with Crippen molar-refractivity contribution in [2.45, 2.75) is 73.3 Å². The number of rotatable bonds is 18. The van der Waals surface area contributed by atoms with E-state index >= 15 is 0 Å². The van der Waals surface area contributed by atoms with Crippen molar-refractivity contribution in [3.8, 4) is 5.75 Å². The van der Waals surface area contributed by atoms with Crippen LogP contribution in [0.5, 0.6) is 5.75 Å². The van der Waals surface area contributed by atoms with E-state index in [1.165, 1.54) is 32.9 Å². The van der Waals surface area contributed by atoms with Crippen molar-refractivity contribution in [2.75, 3.05) is 60.3 Å². The number of benzene rings is 3. The van der Waals surface area contributed by atoms with Crippen LogP contribution in [0.1, 0.15) is 56.5 Å². The largest absolute Gasteiger partial charge is 0.756 e. The first-order chi connectivity index (χ1) is 29.6. The topological polar surface area (TPSA) is 173 Å². The monoisotopic (exact) mass is 941 g/mol. The standard InChI is InChI=1S/C37H40Cl3N2O12P.C6H15N/c1-47-28-15-13-27(14-16-28)37(25-9-5-3-6-10-25,26-11-7-4-8-12-26)50-23-29-31(54-55(45,46)51-24-36(38,39)40)32(53-35(48-2)18-21-49-22-19-35)33(52-29)42-20-17-30(43)41-34(42)44;1-4-7(5-2)6-3/h3-17,20,29,31-33H,18-19,21-24H2,1-2H3,(H,45,46)(H,41,43,44);4-6H2,1-3H3/t29-,31-,32-,33-;/m1./s1. The van der Waals surface area contributed by atoms with E-state index in [0.717, 1.165) is 21.8 Å². The van der Waals surface area contributed by atoms with Gasteiger partial charge in [-0.25, -0.2) is 4.79 Å². The summed E-state index contributed by atoms with van der Waals surface area (Å²) in [5.74, 6) is -0.707. The van der Waals surface area contributed by atoms with E-state index in [2.05, 4.69) is 25.8 Å². The van der Waals surface area contributed by atoms with Gasteiger partial charge in [-0.15, -0.1) is 0 Å². The Bertz CT molecular complexity index is 2090. The van der Waals surface area contributed by atoms with Gasteiger partial charge in [-0.05, 0) is 49.6 Å². The summed E-state index contributed by atoms with van der Waals surface area (Å²) < 4.78 is 60.3. The zero-order valence-electron chi connectivity index (χ0n) is 35.3. The molecule has 0 bridgehead atoms. The van der Waals surface area contributed by atoms with Crippen LogP contribution in [0.15, 0.2) is 107 Å². The first kappa shape index (κ1) is 49.9. The number of quaternary nitrogens is 1. The summed E-state index contributed by atoms with van der Waals surface area (Å²) in [7, 11) is -2.33. The molecule has 2 aliphatic heterocycles. The van der Waals surface area contributed by atoms with E-state index < -0.39 is 65.4 Å². The quantitative estimate of drug-likeness (QED) is 0.0582. The van der Waals surface area contributed by atoms with Gasteiger partial charge >= 0.3 is 5.69 Å². The second kappa shape index (κ2) is 22.7. The van der Waals surface area contributed by atoms with Gasteiger partial charge in [0.1, 0.15) is 36.3 Å². The lowest BCUT2D eigenvalue weighted by Gasteiger charge is -2.41. The first-order valence-corrected chi connectivity index (χ1v) is 22.9. The van der Waals surface area contributed by atoms with E-state index in [1.54, 1.807) is 24.1 Å². The Morgan fingerprint density at radius 3 is 1.90 bits per heavy atom. The van der Waals surface area contributed by atoms with Gasteiger partial charge in [0.15, 0.2) is 12.0 Å². The SMILES string of the molecule is CC[NH+](CC)CC.COc1ccc(C(OC[C@H]2O[C@@H](n3ccc(=O)[nH]c3=O)[C@H](OC3(OC)CCOCC3)[C@@H]2OP(=O)([O-])OCC(Cl)(Cl)Cl)(c2ccccc2)c2ccccc2)cc1. The fourth-order valence-electron chi connectivity index (χ4n) is 7.46. The van der Waals surface area contributed by atoms with Gasteiger partial charge in [0, 0.05) is 32.2 Å². The highest BCUT2D eigenvalue weighted by Crippen LogP contribution is 2.50. The predicted molar refractivity (Wildman–Crippen MR) is 233 cm³/mol. The number of phosphoric ester groups is 1. The van der Waals surface area contributed by atoms with Crippen molar-refractivity contribution in [1.82, 2.24) is 9.55 Å². The van der Waals surface area contributed by atoms with Crippen molar-refractivity contribution in [1.29, 1.82) is 0 Å². The van der Waals surface area contributed by atoms with E-state index in [9.17, 15) is 19.0 Å². The number of alkyl halides is 3. The maximum Gasteiger partial charge on any atom is 0.330 e. The number of ether oxygens (including phenoxy) is 6. The normalized spacial score (nSPS) is 21.2. The third-order valence-corrected chi connectivity index (χ3v) is 12.1. The summed E-state index contributed by atoms with van der Waals surface area (Å²) in [6.07, 6.45) is -3.99. The number of aromatic nitrogens is 2. The minimum absolute atomic E-state index is 0.239. The fourth-order valence-corrected chi connectivity index (χ4v) is 8.82. The van der Waals surface area contributed by atoms with Gasteiger partial charge in [-0.1, -0.05) is 108 Å². The Morgan fingerprint density at radius 2 is 1.42 bits per heavy atom. The predicted octanol–water partition coefficient (Wildman–Crippen LogP) is 5.16. The van der Waals surface area contributed by atoms with Crippen LogP contribution >= 0.6 is 42.6 Å². The highest BCUT2D eigenvalue weighted by atomic mass is 35.6. The molecule has 3 heterocycles. The molecular weight excluding hydrogens is 888 g/mol. The number of aromatic amines is 1. The van der Waals surface area contributed by atoms with E-state index in [0.29, 0.717) is 11.3 Å². The molecule has 0 amide bonds. The molecule has 5 atom stereocenters. The molecule has 0 saturated carbocycles. The number of nitrogens with zero attached hydrogens (tertiary/aromatic N) is 1. The third kappa shape index (κ3) is 12.8. The van der Waals surface area contributed by atoms with Gasteiger partial charge in [0.25, 0.3) is 13.4 Å². The number of nitrogens with one attached hydrogen (secondary N) is 2. The first-order valence-electron chi connectivity index (χ1n) is 20.3. The zero-order valence-corrected chi connectivity index (χ0v) is 38.5. The van der Waals surface area contributed by atoms with Crippen LogP contribution in [0.4, 0.5) is 0 Å². The zero-order chi connectivity index (χ0) is 45.0. The lowest BCUT2D eigenvalue weighted by atomic mass is 9.80. The van der Waals surface area contributed by atoms with E-state index in [1.807, 2.05) is 72.8 Å². The van der Waals surface area contributed by atoms with Gasteiger partial charge in [0.2, 0.25) is 3.79 Å². The Hall–Kier alpha value is -3.12. The van der Waals surface area contributed by atoms with Crippen molar-refractivity contribution < 1.29 is 51.8 Å². The van der Waals surface area contributed by atoms with Crippen molar-refractivity contribution in [3.05, 3.63) is 135 Å². The molecule has 0 aliphatic carbocycles. The minimum Gasteiger partial charge on any atom is -0.756 e. The van der Waals surface area contributed by atoms with Gasteiger partial charge < -0.3 is 47.3 Å². The molecule has 0 radical (unpaired) electrons. The van der Waals surface area contributed by atoms with Crippen LogP contribution in [-0.4, -0.2) is 97.7 Å². The smallest absolute Gasteiger partial charge is 0.330 e. The molecule has 2 aliphatic rings. The van der Waals surface area contributed by atoms with Gasteiger partial charge in [-0.3, -0.25) is 18.9 Å². The number of halogens is 3. The molecule has 2 saturated heterocycles. The lowest BCUT2D eigenvalue weighted by Crippen LogP contribution is -3.11. The number of methoxy groups -OCH3 is 2. The molecule has 1 aromatic heterocycles. The number of hydrogen-bond acceptors (Lipinski definition) is 12. The molecule has 2 fully saturated rings. The summed E-state index contributed by atoms with van der Waals surface area (Å²) >= 11 is 17.5. The van der Waals surface area contributed by atoms with Crippen molar-refractivity contribution in [2.24, 2.45) is 0 Å². The second-order valence-corrected chi connectivity index (χ2v) is 18.4. The average molecular weight is 943 g/mol. The maximum absolute atomic E-state index is 13.5. The molecule has 3 aromatic carbocycles. The molecule has 1 unspecified atom stereocenters. The van der Waals surface area contributed by atoms with Crippen LogP contribution in [0, 0.1) is 0 Å². The molecule has 19 heteroatoms. The fraction of sp³-hybridized carbons (Fsp3) is 0.488. The van der Waals surface area contributed by atoms with E-state index in [-0.39, 0.29) is 32.7 Å². The molecule has 2 N–H and O–H groups in total. The summed E-state index contributed by atoms with van der Waals surface area (Å²) in [6.45, 7) is 9.77. The molecule has 0 spiro atoms. The Kier molecular flexibility index (Phi) is 18.2. The summed E-state index contributed by atoms with van der Waals surface area (Å²) in [4.78, 5) is 42.8. The summed E-state index contributed by atoms with van der Waals surface area (Å²) in [5.41, 5.74) is -0.699. The number of H-pyrrole nitrogens is 1. The molecule has 340 valence electrons. The summed E-state index contributed by atoms with van der Waals surface area (Å²) in [6, 6.07) is 27.3. The van der Waals surface area contributed by atoms with Gasteiger partial charge in [-0.2, -0.15) is 0 Å². The maximum atomic E-state index is 13.5. The number of phosphoric acid groups is 1. The van der Waals surface area contributed by atoms with Crippen LogP contribution in [0.3, 0.4) is 0 Å². The van der Waals surface area contributed by atoms with Crippen molar-refractivity contribution >= 4 is 42.6 Å². The van der Waals surface area contributed by atoms with Crippen LogP contribution in [0.2, 0.25) is 0 Å². The number of hydrogen-bond donors (Lipinski definition) is 2. The van der Waals surface area contributed by atoms with Gasteiger partial charge in [0.05, 0.1) is 46.6 Å². The molecule has 6 rings (SSSR count). The molecule has 15 nitrogen and oxygen atoms in total. The van der Waals surface area contributed by atoms with Crippen LogP contribution in [0.25, 0.3) is 0 Å². The minimum atomic E-state index is -5.33. The van der Waals surface area contributed by atoms with Crippen LogP contribution in [-0.2, 0) is 42.9 Å². The molecule has 62 heavy (non-hydrogen) atoms. The highest BCUT2D eigenvalue weighted by Gasteiger charge is 2.54. The van der Waals surface area contributed by atoms with Crippen molar-refractivity contribution in [3.63, 3.8) is 0 Å².